The molecule has 22 heavy (non-hydrogen) atoms. The van der Waals surface area contributed by atoms with Crippen molar-refractivity contribution in [1.29, 1.82) is 0 Å². The molecule has 126 valence electrons. The maximum Gasteiger partial charge on any atom is 0.0687 e. The van der Waals surface area contributed by atoms with Gasteiger partial charge in [0.15, 0.2) is 0 Å². The zero-order chi connectivity index (χ0) is 16.3. The number of azide groups is 2. The quantitative estimate of drug-likeness (QED) is 0.150. The third-order valence-electron chi connectivity index (χ3n) is 3.55. The van der Waals surface area contributed by atoms with Gasteiger partial charge in [-0.2, -0.15) is 0 Å². The summed E-state index contributed by atoms with van der Waals surface area (Å²) in [6.07, 6.45) is 12.5. The first-order valence-corrected chi connectivity index (χ1v) is 8.48. The van der Waals surface area contributed by atoms with Gasteiger partial charge in [0, 0.05) is 16.4 Å². The number of ether oxygens (including phenoxy) is 1. The molecule has 0 atom stereocenters. The molecule has 0 fully saturated rings. The molecule has 7 heteroatoms. The molecule has 0 saturated heterocycles. The standard InChI is InChI=1S/C15H30N6O/c1-2-3-4-5-6-7-8-9-10-11-12-22-15(13-18-20-16)14-19-21-17/h15H,2-14H2,1H3. The first kappa shape index (κ1) is 20.6. The normalized spacial score (nSPS) is 11.5. The SMILES string of the molecule is CCCCCCCCCCCCOC(CN=[N+]=[N-])CN=[N+]=[N-]. The first-order chi connectivity index (χ1) is 10.8. The van der Waals surface area contributed by atoms with Gasteiger partial charge in [-0.3, -0.25) is 0 Å². The van der Waals surface area contributed by atoms with Crippen molar-refractivity contribution in [3.8, 4) is 0 Å². The lowest BCUT2D eigenvalue weighted by molar-refractivity contribution is 0.0622. The minimum Gasteiger partial charge on any atom is -0.378 e. The number of hydrogen-bond acceptors (Lipinski definition) is 3. The lowest BCUT2D eigenvalue weighted by Gasteiger charge is -2.13. The van der Waals surface area contributed by atoms with Crippen LogP contribution in [0, 0.1) is 0 Å². The summed E-state index contributed by atoms with van der Waals surface area (Å²) < 4.78 is 5.59. The third kappa shape index (κ3) is 15.0. The summed E-state index contributed by atoms with van der Waals surface area (Å²) in [6, 6.07) is 0. The minimum absolute atomic E-state index is 0.216. The van der Waals surface area contributed by atoms with Gasteiger partial charge in [0.25, 0.3) is 0 Å². The van der Waals surface area contributed by atoms with Crippen molar-refractivity contribution in [3.05, 3.63) is 20.9 Å². The zero-order valence-electron chi connectivity index (χ0n) is 13.9. The molecule has 0 aromatic rings. The summed E-state index contributed by atoms with van der Waals surface area (Å²) in [5.74, 6) is 0. The highest BCUT2D eigenvalue weighted by atomic mass is 16.5. The van der Waals surface area contributed by atoms with Gasteiger partial charge in [0.1, 0.15) is 0 Å². The Labute approximate surface area is 133 Å². The molecule has 7 nitrogen and oxygen atoms in total. The fourth-order valence-corrected chi connectivity index (χ4v) is 2.26. The molecule has 0 amide bonds. The molecule has 0 aromatic carbocycles. The molecule has 0 N–H and O–H groups in total. The van der Waals surface area contributed by atoms with Crippen molar-refractivity contribution in [2.45, 2.75) is 77.2 Å². The van der Waals surface area contributed by atoms with Crippen LogP contribution in [0.1, 0.15) is 71.1 Å². The van der Waals surface area contributed by atoms with Crippen LogP contribution in [0.3, 0.4) is 0 Å². The lowest BCUT2D eigenvalue weighted by atomic mass is 10.1. The summed E-state index contributed by atoms with van der Waals surface area (Å²) in [7, 11) is 0. The van der Waals surface area contributed by atoms with E-state index in [1.54, 1.807) is 0 Å². The highest BCUT2D eigenvalue weighted by molar-refractivity contribution is 4.65. The molecule has 0 aromatic heterocycles. The van der Waals surface area contributed by atoms with Gasteiger partial charge in [-0.05, 0) is 17.5 Å². The van der Waals surface area contributed by atoms with E-state index in [4.69, 9.17) is 15.8 Å². The Bertz CT molecular complexity index is 317. The Hall–Kier alpha value is -1.42. The van der Waals surface area contributed by atoms with Crippen molar-refractivity contribution >= 4 is 0 Å². The third-order valence-corrected chi connectivity index (χ3v) is 3.55. The van der Waals surface area contributed by atoms with Crippen LogP contribution in [0.25, 0.3) is 20.9 Å². The van der Waals surface area contributed by atoms with Gasteiger partial charge < -0.3 is 4.74 Å². The summed E-state index contributed by atoms with van der Waals surface area (Å²) in [5.41, 5.74) is 16.6. The van der Waals surface area contributed by atoms with E-state index in [0.29, 0.717) is 6.61 Å². The van der Waals surface area contributed by atoms with Gasteiger partial charge in [0.05, 0.1) is 19.2 Å². The molecular weight excluding hydrogens is 280 g/mol. The molecule has 0 aliphatic heterocycles. The van der Waals surface area contributed by atoms with Crippen LogP contribution >= 0.6 is 0 Å². The van der Waals surface area contributed by atoms with Crippen molar-refractivity contribution in [3.63, 3.8) is 0 Å². The van der Waals surface area contributed by atoms with Gasteiger partial charge in [-0.25, -0.2) is 0 Å². The molecule has 0 spiro atoms. The van der Waals surface area contributed by atoms with Gasteiger partial charge in [-0.15, -0.1) is 0 Å². The van der Waals surface area contributed by atoms with E-state index < -0.39 is 0 Å². The highest BCUT2D eigenvalue weighted by Gasteiger charge is 2.06. The number of nitrogens with zero attached hydrogens (tertiary/aromatic N) is 6. The molecule has 0 heterocycles. The summed E-state index contributed by atoms with van der Waals surface area (Å²) in [6.45, 7) is 3.30. The number of rotatable bonds is 16. The van der Waals surface area contributed by atoms with E-state index in [1.807, 2.05) is 0 Å². The van der Waals surface area contributed by atoms with Gasteiger partial charge in [0.2, 0.25) is 0 Å². The highest BCUT2D eigenvalue weighted by Crippen LogP contribution is 2.10. The largest absolute Gasteiger partial charge is 0.378 e. The fourth-order valence-electron chi connectivity index (χ4n) is 2.26. The van der Waals surface area contributed by atoms with Crippen LogP contribution < -0.4 is 0 Å². The number of unbranched alkanes of at least 4 members (excludes halogenated alkanes) is 9. The Balaban J connectivity index is 3.44. The topological polar surface area (TPSA) is 107 Å². The van der Waals surface area contributed by atoms with E-state index in [1.165, 1.54) is 51.4 Å². The van der Waals surface area contributed by atoms with E-state index in [-0.39, 0.29) is 19.2 Å². The van der Waals surface area contributed by atoms with E-state index in [0.717, 1.165) is 12.8 Å². The van der Waals surface area contributed by atoms with E-state index >= 15 is 0 Å². The van der Waals surface area contributed by atoms with Crippen LogP contribution in [-0.4, -0.2) is 25.8 Å². The maximum absolute atomic E-state index is 8.30. The molecule has 0 aliphatic rings. The smallest absolute Gasteiger partial charge is 0.0687 e. The van der Waals surface area contributed by atoms with E-state index in [2.05, 4.69) is 27.0 Å². The second-order valence-electron chi connectivity index (χ2n) is 5.50. The molecule has 0 radical (unpaired) electrons. The second kappa shape index (κ2) is 17.6. The lowest BCUT2D eigenvalue weighted by Crippen LogP contribution is -2.20. The van der Waals surface area contributed by atoms with Crippen molar-refractivity contribution in [2.24, 2.45) is 10.2 Å². The summed E-state index contributed by atoms with van der Waals surface area (Å²) in [4.78, 5) is 5.40. The fraction of sp³-hybridized carbons (Fsp3) is 1.00. The molecule has 0 saturated carbocycles. The monoisotopic (exact) mass is 310 g/mol. The average Bonchev–Trinajstić information content (AvgIpc) is 2.54. The van der Waals surface area contributed by atoms with Crippen LogP contribution in [0.2, 0.25) is 0 Å². The van der Waals surface area contributed by atoms with Crippen molar-refractivity contribution in [1.82, 2.24) is 0 Å². The van der Waals surface area contributed by atoms with Crippen LogP contribution in [-0.2, 0) is 4.74 Å². The molecule has 0 bridgehead atoms. The molecule has 0 aliphatic carbocycles. The second-order valence-corrected chi connectivity index (χ2v) is 5.50. The molecule has 0 rings (SSSR count). The van der Waals surface area contributed by atoms with Crippen LogP contribution in [0.5, 0.6) is 0 Å². The maximum atomic E-state index is 8.30. The zero-order valence-corrected chi connectivity index (χ0v) is 13.9. The van der Waals surface area contributed by atoms with Crippen LogP contribution in [0.4, 0.5) is 0 Å². The van der Waals surface area contributed by atoms with Crippen molar-refractivity contribution < 1.29 is 4.74 Å². The van der Waals surface area contributed by atoms with Crippen LogP contribution in [0.15, 0.2) is 10.2 Å². The minimum atomic E-state index is -0.301. The Morgan fingerprint density at radius 3 is 1.68 bits per heavy atom. The molecular formula is C15H30N6O. The first-order valence-electron chi connectivity index (χ1n) is 8.48. The van der Waals surface area contributed by atoms with Crippen molar-refractivity contribution in [2.75, 3.05) is 19.7 Å². The Morgan fingerprint density at radius 1 is 0.773 bits per heavy atom. The Kier molecular flexibility index (Phi) is 16.5. The average molecular weight is 310 g/mol. The van der Waals surface area contributed by atoms with Gasteiger partial charge in [-0.1, -0.05) is 74.9 Å². The Morgan fingerprint density at radius 2 is 1.23 bits per heavy atom. The molecule has 0 unspecified atom stereocenters. The predicted octanol–water partition coefficient (Wildman–Crippen LogP) is 5.91. The number of hydrogen-bond donors (Lipinski definition) is 0. The van der Waals surface area contributed by atoms with E-state index in [9.17, 15) is 0 Å². The summed E-state index contributed by atoms with van der Waals surface area (Å²) >= 11 is 0. The van der Waals surface area contributed by atoms with Gasteiger partial charge >= 0.3 is 0 Å². The summed E-state index contributed by atoms with van der Waals surface area (Å²) in [5, 5.41) is 6.93. The predicted molar refractivity (Wildman–Crippen MR) is 89.6 cm³/mol.